The predicted octanol–water partition coefficient (Wildman–Crippen LogP) is 5.19. The summed E-state index contributed by atoms with van der Waals surface area (Å²) in [5.41, 5.74) is 0.997. The van der Waals surface area contributed by atoms with Crippen molar-refractivity contribution in [1.29, 1.82) is 0 Å². The molecule has 1 atom stereocenters. The van der Waals surface area contributed by atoms with Crippen LogP contribution in [-0.4, -0.2) is 17.6 Å². The molecule has 5 heteroatoms. The molecule has 0 aromatic heterocycles. The second kappa shape index (κ2) is 6.92. The Hall–Kier alpha value is -2.27. The Balaban J connectivity index is 1.99. The van der Waals surface area contributed by atoms with E-state index >= 15 is 0 Å². The number of rotatable bonds is 1. The van der Waals surface area contributed by atoms with Crippen LogP contribution in [0.15, 0.2) is 59.5 Å². The summed E-state index contributed by atoms with van der Waals surface area (Å²) in [6.45, 7) is 5.38. The number of benzene rings is 2. The highest BCUT2D eigenvalue weighted by molar-refractivity contribution is 7.99. The van der Waals surface area contributed by atoms with Crippen LogP contribution in [-0.2, 0) is 9.53 Å². The van der Waals surface area contributed by atoms with Crippen LogP contribution in [0.25, 0.3) is 0 Å². The van der Waals surface area contributed by atoms with Gasteiger partial charge in [0.2, 0.25) is 5.91 Å². The zero-order chi connectivity index (χ0) is 18.0. The van der Waals surface area contributed by atoms with E-state index in [1.807, 2.05) is 48.5 Å². The number of carbonyl (C=O) groups is 2. The molecule has 130 valence electrons. The number of nitrogens with zero attached hydrogens (tertiary/aromatic N) is 1. The molecule has 1 unspecified atom stereocenters. The third-order valence-electron chi connectivity index (χ3n) is 3.73. The van der Waals surface area contributed by atoms with Gasteiger partial charge in [-0.05, 0) is 38.5 Å². The Bertz CT molecular complexity index is 783. The first-order chi connectivity index (χ1) is 11.8. The first kappa shape index (κ1) is 17.5. The molecule has 0 saturated carbocycles. The molecule has 1 heterocycles. The minimum Gasteiger partial charge on any atom is -0.443 e. The standard InChI is InChI=1S/C20H21NO3S/c1-20(2,3)24-19(23)21-15-11-7-8-12-16(15)25-17(13-18(21)22)14-9-5-4-6-10-14/h4-12,17H,13H2,1-3H3. The minimum atomic E-state index is -0.662. The summed E-state index contributed by atoms with van der Waals surface area (Å²) >= 11 is 1.60. The highest BCUT2D eigenvalue weighted by Gasteiger charge is 2.35. The van der Waals surface area contributed by atoms with Gasteiger partial charge in [-0.25, -0.2) is 9.69 Å². The minimum absolute atomic E-state index is 0.0395. The van der Waals surface area contributed by atoms with Crippen LogP contribution in [0.2, 0.25) is 0 Å². The number of amides is 2. The molecule has 3 rings (SSSR count). The normalized spacial score (nSPS) is 17.6. The third kappa shape index (κ3) is 4.04. The summed E-state index contributed by atoms with van der Waals surface area (Å²) in [4.78, 5) is 27.6. The SMILES string of the molecule is CC(C)(C)OC(=O)N1C(=O)CC(c2ccccc2)Sc2ccccc21. The quantitative estimate of drug-likeness (QED) is 0.706. The largest absolute Gasteiger partial charge is 0.443 e. The molecular weight excluding hydrogens is 334 g/mol. The van der Waals surface area contributed by atoms with Crippen LogP contribution in [0.1, 0.15) is 38.0 Å². The van der Waals surface area contributed by atoms with Crippen molar-refractivity contribution in [3.8, 4) is 0 Å². The number of anilines is 1. The van der Waals surface area contributed by atoms with E-state index < -0.39 is 11.7 Å². The maximum atomic E-state index is 12.9. The molecule has 2 amide bonds. The average Bonchev–Trinajstić information content (AvgIpc) is 2.69. The summed E-state index contributed by atoms with van der Waals surface area (Å²) in [6, 6.07) is 17.4. The molecule has 2 aromatic carbocycles. The van der Waals surface area contributed by atoms with E-state index in [9.17, 15) is 9.59 Å². The van der Waals surface area contributed by atoms with Crippen molar-refractivity contribution in [2.45, 2.75) is 42.9 Å². The number of fused-ring (bicyclic) bond motifs is 1. The second-order valence-electron chi connectivity index (χ2n) is 6.90. The molecule has 1 aliphatic rings. The third-order valence-corrected chi connectivity index (χ3v) is 5.05. The maximum absolute atomic E-state index is 12.9. The Labute approximate surface area is 152 Å². The van der Waals surface area contributed by atoms with Gasteiger partial charge >= 0.3 is 6.09 Å². The van der Waals surface area contributed by atoms with E-state index in [2.05, 4.69) is 0 Å². The van der Waals surface area contributed by atoms with Gasteiger partial charge in [0, 0.05) is 16.6 Å². The maximum Gasteiger partial charge on any atom is 0.421 e. The second-order valence-corrected chi connectivity index (χ2v) is 8.14. The van der Waals surface area contributed by atoms with Crippen LogP contribution in [0.4, 0.5) is 10.5 Å². The molecule has 2 aromatic rings. The molecule has 0 radical (unpaired) electrons. The van der Waals surface area contributed by atoms with Crippen molar-refractivity contribution in [3.63, 3.8) is 0 Å². The fourth-order valence-electron chi connectivity index (χ4n) is 2.68. The first-order valence-electron chi connectivity index (χ1n) is 8.22. The van der Waals surface area contributed by atoms with Gasteiger partial charge < -0.3 is 4.74 Å². The van der Waals surface area contributed by atoms with Crippen LogP contribution < -0.4 is 4.90 Å². The lowest BCUT2D eigenvalue weighted by Crippen LogP contribution is -2.41. The molecule has 0 aliphatic carbocycles. The molecule has 0 saturated heterocycles. The molecule has 0 N–H and O–H groups in total. The van der Waals surface area contributed by atoms with Gasteiger partial charge in [0.15, 0.2) is 0 Å². The van der Waals surface area contributed by atoms with E-state index in [0.717, 1.165) is 10.5 Å². The van der Waals surface area contributed by atoms with Gasteiger partial charge in [0.05, 0.1) is 5.69 Å². The number of para-hydroxylation sites is 1. The van der Waals surface area contributed by atoms with Gasteiger partial charge in [-0.2, -0.15) is 0 Å². The molecule has 1 aliphatic heterocycles. The summed E-state index contributed by atoms with van der Waals surface area (Å²) in [6.07, 6.45) is -0.387. The van der Waals surface area contributed by atoms with Crippen molar-refractivity contribution in [3.05, 3.63) is 60.2 Å². The number of hydrogen-bond donors (Lipinski definition) is 0. The van der Waals surface area contributed by atoms with Crippen molar-refractivity contribution < 1.29 is 14.3 Å². The molecule has 0 fully saturated rings. The van der Waals surface area contributed by atoms with Gasteiger partial charge in [-0.1, -0.05) is 42.5 Å². The van der Waals surface area contributed by atoms with Crippen molar-refractivity contribution in [2.24, 2.45) is 0 Å². The van der Waals surface area contributed by atoms with Gasteiger partial charge in [0.1, 0.15) is 5.60 Å². The molecule has 4 nitrogen and oxygen atoms in total. The molecule has 25 heavy (non-hydrogen) atoms. The zero-order valence-electron chi connectivity index (χ0n) is 14.6. The monoisotopic (exact) mass is 355 g/mol. The number of imide groups is 1. The zero-order valence-corrected chi connectivity index (χ0v) is 15.4. The lowest BCUT2D eigenvalue weighted by Gasteiger charge is -2.26. The highest BCUT2D eigenvalue weighted by Crippen LogP contribution is 2.45. The summed E-state index contributed by atoms with van der Waals surface area (Å²) < 4.78 is 5.46. The topological polar surface area (TPSA) is 46.6 Å². The van der Waals surface area contributed by atoms with E-state index in [4.69, 9.17) is 4.74 Å². The number of carbonyl (C=O) groups excluding carboxylic acids is 2. The predicted molar refractivity (Wildman–Crippen MR) is 99.8 cm³/mol. The lowest BCUT2D eigenvalue weighted by atomic mass is 10.1. The fourth-order valence-corrected chi connectivity index (χ4v) is 3.94. The van der Waals surface area contributed by atoms with Gasteiger partial charge in [-0.15, -0.1) is 11.8 Å². The van der Waals surface area contributed by atoms with Crippen molar-refractivity contribution in [2.75, 3.05) is 4.90 Å². The number of thioether (sulfide) groups is 1. The first-order valence-corrected chi connectivity index (χ1v) is 9.10. The summed E-state index contributed by atoms with van der Waals surface area (Å²) in [7, 11) is 0. The van der Waals surface area contributed by atoms with Crippen LogP contribution in [0.5, 0.6) is 0 Å². The van der Waals surface area contributed by atoms with Crippen LogP contribution in [0, 0.1) is 0 Å². The van der Waals surface area contributed by atoms with E-state index in [1.165, 1.54) is 4.90 Å². The van der Waals surface area contributed by atoms with Crippen LogP contribution in [0.3, 0.4) is 0 Å². The van der Waals surface area contributed by atoms with Crippen molar-refractivity contribution in [1.82, 2.24) is 0 Å². The van der Waals surface area contributed by atoms with Gasteiger partial charge in [-0.3, -0.25) is 4.79 Å². The Kier molecular flexibility index (Phi) is 4.86. The number of hydrogen-bond acceptors (Lipinski definition) is 4. The van der Waals surface area contributed by atoms with Crippen LogP contribution >= 0.6 is 11.8 Å². The van der Waals surface area contributed by atoms with E-state index in [1.54, 1.807) is 38.6 Å². The Morgan fingerprint density at radius 1 is 1.08 bits per heavy atom. The molecule has 0 spiro atoms. The highest BCUT2D eigenvalue weighted by atomic mass is 32.2. The summed E-state index contributed by atoms with van der Waals surface area (Å²) in [5.74, 6) is -0.249. The molecular formula is C20H21NO3S. The fraction of sp³-hybridized carbons (Fsp3) is 0.300. The van der Waals surface area contributed by atoms with Crippen molar-refractivity contribution >= 4 is 29.4 Å². The van der Waals surface area contributed by atoms with E-state index in [0.29, 0.717) is 5.69 Å². The Morgan fingerprint density at radius 2 is 1.72 bits per heavy atom. The molecule has 0 bridgehead atoms. The Morgan fingerprint density at radius 3 is 2.40 bits per heavy atom. The van der Waals surface area contributed by atoms with Gasteiger partial charge in [0.25, 0.3) is 0 Å². The average molecular weight is 355 g/mol. The van der Waals surface area contributed by atoms with E-state index in [-0.39, 0.29) is 17.6 Å². The summed E-state index contributed by atoms with van der Waals surface area (Å²) in [5, 5.41) is -0.0395. The smallest absolute Gasteiger partial charge is 0.421 e. The lowest BCUT2D eigenvalue weighted by molar-refractivity contribution is -0.118. The number of ether oxygens (including phenoxy) is 1.